The first-order chi connectivity index (χ1) is 9.02. The quantitative estimate of drug-likeness (QED) is 0.707. The monoisotopic (exact) mass is 264 g/mol. The van der Waals surface area contributed by atoms with Gasteiger partial charge in [0.2, 0.25) is 0 Å². The van der Waals surface area contributed by atoms with Crippen LogP contribution in [-0.4, -0.2) is 22.2 Å². The SMILES string of the molecule is CC(CCCCC(=O)O)C(C(=O)O)c1ccccc1. The molecule has 4 nitrogen and oxygen atoms in total. The second-order valence-corrected chi connectivity index (χ2v) is 4.84. The third kappa shape index (κ3) is 5.12. The zero-order valence-electron chi connectivity index (χ0n) is 11.1. The number of unbranched alkanes of at least 4 members (excludes halogenated alkanes) is 1. The molecule has 104 valence electrons. The molecule has 19 heavy (non-hydrogen) atoms. The van der Waals surface area contributed by atoms with Crippen LogP contribution >= 0.6 is 0 Å². The van der Waals surface area contributed by atoms with Crippen LogP contribution in [-0.2, 0) is 9.59 Å². The fraction of sp³-hybridized carbons (Fsp3) is 0.467. The molecule has 2 atom stereocenters. The minimum atomic E-state index is -0.822. The number of rotatable bonds is 8. The average molecular weight is 264 g/mol. The van der Waals surface area contributed by atoms with E-state index in [0.29, 0.717) is 6.42 Å². The van der Waals surface area contributed by atoms with Crippen LogP contribution in [0, 0.1) is 5.92 Å². The van der Waals surface area contributed by atoms with Crippen LogP contribution in [0.3, 0.4) is 0 Å². The van der Waals surface area contributed by atoms with Crippen LogP contribution in [0.5, 0.6) is 0 Å². The van der Waals surface area contributed by atoms with Gasteiger partial charge in [0.25, 0.3) is 0 Å². The number of benzene rings is 1. The molecule has 0 aliphatic rings. The molecule has 1 rings (SSSR count). The van der Waals surface area contributed by atoms with Gasteiger partial charge in [-0.05, 0) is 24.3 Å². The third-order valence-electron chi connectivity index (χ3n) is 3.29. The van der Waals surface area contributed by atoms with Crippen LogP contribution in [0.2, 0.25) is 0 Å². The van der Waals surface area contributed by atoms with E-state index in [-0.39, 0.29) is 12.3 Å². The highest BCUT2D eigenvalue weighted by molar-refractivity contribution is 5.76. The second-order valence-electron chi connectivity index (χ2n) is 4.84. The summed E-state index contributed by atoms with van der Waals surface area (Å²) in [5.41, 5.74) is 0.806. The summed E-state index contributed by atoms with van der Waals surface area (Å²) in [6.07, 6.45) is 2.21. The van der Waals surface area contributed by atoms with Crippen molar-refractivity contribution in [3.8, 4) is 0 Å². The van der Waals surface area contributed by atoms with Crippen LogP contribution in [0.15, 0.2) is 30.3 Å². The molecule has 1 aromatic rings. The molecule has 2 N–H and O–H groups in total. The highest BCUT2D eigenvalue weighted by Crippen LogP contribution is 2.28. The van der Waals surface area contributed by atoms with Gasteiger partial charge in [-0.15, -0.1) is 0 Å². The van der Waals surface area contributed by atoms with E-state index in [2.05, 4.69) is 0 Å². The normalized spacial score (nSPS) is 13.7. The van der Waals surface area contributed by atoms with Gasteiger partial charge >= 0.3 is 11.9 Å². The van der Waals surface area contributed by atoms with Crippen molar-refractivity contribution in [3.05, 3.63) is 35.9 Å². The minimum Gasteiger partial charge on any atom is -0.481 e. The molecule has 0 bridgehead atoms. The number of hydrogen-bond donors (Lipinski definition) is 2. The Labute approximate surface area is 113 Å². The van der Waals surface area contributed by atoms with Crippen LogP contribution < -0.4 is 0 Å². The number of carbonyl (C=O) groups is 2. The van der Waals surface area contributed by atoms with Crippen molar-refractivity contribution in [2.45, 2.75) is 38.5 Å². The minimum absolute atomic E-state index is 0.00584. The van der Waals surface area contributed by atoms with Gasteiger partial charge in [0.15, 0.2) is 0 Å². The highest BCUT2D eigenvalue weighted by atomic mass is 16.4. The van der Waals surface area contributed by atoms with Crippen LogP contribution in [0.1, 0.15) is 44.1 Å². The Kier molecular flexibility index (Phi) is 6.06. The fourth-order valence-corrected chi connectivity index (χ4v) is 2.28. The Morgan fingerprint density at radius 3 is 2.26 bits per heavy atom. The average Bonchev–Trinajstić information content (AvgIpc) is 2.35. The van der Waals surface area contributed by atoms with E-state index in [0.717, 1.165) is 18.4 Å². The van der Waals surface area contributed by atoms with Crippen molar-refractivity contribution in [1.29, 1.82) is 0 Å². The second kappa shape index (κ2) is 7.56. The summed E-state index contributed by atoms with van der Waals surface area (Å²) in [6, 6.07) is 9.18. The molecular weight excluding hydrogens is 244 g/mol. The van der Waals surface area contributed by atoms with E-state index in [1.165, 1.54) is 0 Å². The van der Waals surface area contributed by atoms with Crippen molar-refractivity contribution >= 4 is 11.9 Å². The molecule has 0 amide bonds. The maximum Gasteiger partial charge on any atom is 0.311 e. The number of carboxylic acids is 2. The summed E-state index contributed by atoms with van der Waals surface area (Å²) >= 11 is 0. The van der Waals surface area contributed by atoms with E-state index in [1.54, 1.807) is 0 Å². The van der Waals surface area contributed by atoms with Gasteiger partial charge in [-0.1, -0.05) is 43.7 Å². The van der Waals surface area contributed by atoms with Crippen LogP contribution in [0.4, 0.5) is 0 Å². The zero-order valence-corrected chi connectivity index (χ0v) is 11.1. The summed E-state index contributed by atoms with van der Waals surface area (Å²) in [6.45, 7) is 1.91. The van der Waals surface area contributed by atoms with Gasteiger partial charge in [0.05, 0.1) is 5.92 Å². The lowest BCUT2D eigenvalue weighted by Gasteiger charge is -2.20. The Balaban J connectivity index is 2.57. The molecule has 1 aromatic carbocycles. The molecule has 2 unspecified atom stereocenters. The smallest absolute Gasteiger partial charge is 0.311 e. The lowest BCUT2D eigenvalue weighted by molar-refractivity contribution is -0.140. The van der Waals surface area contributed by atoms with E-state index in [1.807, 2.05) is 37.3 Å². The van der Waals surface area contributed by atoms with Gasteiger partial charge in [-0.3, -0.25) is 9.59 Å². The Bertz CT molecular complexity index is 413. The van der Waals surface area contributed by atoms with Crippen molar-refractivity contribution in [2.24, 2.45) is 5.92 Å². The standard InChI is InChI=1S/C15H20O4/c1-11(7-5-6-10-13(16)17)14(15(18)19)12-8-3-2-4-9-12/h2-4,8-9,11,14H,5-7,10H2,1H3,(H,16,17)(H,18,19). The van der Waals surface area contributed by atoms with Gasteiger partial charge in [-0.2, -0.15) is 0 Å². The van der Waals surface area contributed by atoms with E-state index in [9.17, 15) is 14.7 Å². The summed E-state index contributed by atoms with van der Waals surface area (Å²) in [5.74, 6) is -2.15. The Morgan fingerprint density at radius 2 is 1.74 bits per heavy atom. The number of carboxylic acid groups (broad SMARTS) is 2. The first kappa shape index (κ1) is 15.2. The molecular formula is C15H20O4. The van der Waals surface area contributed by atoms with Crippen molar-refractivity contribution < 1.29 is 19.8 Å². The summed E-state index contributed by atoms with van der Waals surface area (Å²) < 4.78 is 0. The molecule has 0 saturated heterocycles. The topological polar surface area (TPSA) is 74.6 Å². The van der Waals surface area contributed by atoms with Gasteiger partial charge in [-0.25, -0.2) is 0 Å². The number of aliphatic carboxylic acids is 2. The highest BCUT2D eigenvalue weighted by Gasteiger charge is 2.25. The first-order valence-electron chi connectivity index (χ1n) is 6.52. The maximum absolute atomic E-state index is 11.4. The summed E-state index contributed by atoms with van der Waals surface area (Å²) in [4.78, 5) is 21.8. The van der Waals surface area contributed by atoms with Gasteiger partial charge in [0.1, 0.15) is 0 Å². The lowest BCUT2D eigenvalue weighted by Crippen LogP contribution is -2.19. The fourth-order valence-electron chi connectivity index (χ4n) is 2.28. The largest absolute Gasteiger partial charge is 0.481 e. The predicted molar refractivity (Wildman–Crippen MR) is 72.1 cm³/mol. The molecule has 0 saturated carbocycles. The van der Waals surface area contributed by atoms with E-state index < -0.39 is 17.9 Å². The van der Waals surface area contributed by atoms with E-state index in [4.69, 9.17) is 5.11 Å². The van der Waals surface area contributed by atoms with Crippen molar-refractivity contribution in [3.63, 3.8) is 0 Å². The van der Waals surface area contributed by atoms with E-state index >= 15 is 0 Å². The van der Waals surface area contributed by atoms with Crippen molar-refractivity contribution in [1.82, 2.24) is 0 Å². The van der Waals surface area contributed by atoms with Crippen LogP contribution in [0.25, 0.3) is 0 Å². The predicted octanol–water partition coefficient (Wildman–Crippen LogP) is 3.14. The Hall–Kier alpha value is -1.84. The molecule has 0 aromatic heterocycles. The first-order valence-corrected chi connectivity index (χ1v) is 6.52. The maximum atomic E-state index is 11.4. The van der Waals surface area contributed by atoms with Crippen molar-refractivity contribution in [2.75, 3.05) is 0 Å². The number of hydrogen-bond acceptors (Lipinski definition) is 2. The molecule has 0 heterocycles. The van der Waals surface area contributed by atoms with Gasteiger partial charge < -0.3 is 10.2 Å². The molecule has 0 fully saturated rings. The zero-order chi connectivity index (χ0) is 14.3. The molecule has 0 aliphatic carbocycles. The molecule has 0 aliphatic heterocycles. The Morgan fingerprint density at radius 1 is 1.11 bits per heavy atom. The summed E-state index contributed by atoms with van der Waals surface area (Å²) in [5, 5.41) is 17.9. The molecule has 4 heteroatoms. The lowest BCUT2D eigenvalue weighted by atomic mass is 9.84. The van der Waals surface area contributed by atoms with Gasteiger partial charge in [0, 0.05) is 6.42 Å². The molecule has 0 spiro atoms. The molecule has 0 radical (unpaired) electrons. The third-order valence-corrected chi connectivity index (χ3v) is 3.29. The summed E-state index contributed by atoms with van der Waals surface area (Å²) in [7, 11) is 0.